The molecule has 2 aromatic rings. The molecule has 0 radical (unpaired) electrons. The summed E-state index contributed by atoms with van der Waals surface area (Å²) in [7, 11) is -1.16. The second-order valence-electron chi connectivity index (χ2n) is 4.76. The van der Waals surface area contributed by atoms with E-state index in [-0.39, 0.29) is 11.4 Å². The molecule has 23 heavy (non-hydrogen) atoms. The fraction of sp³-hybridized carbons (Fsp3) is 0.308. The summed E-state index contributed by atoms with van der Waals surface area (Å²) in [6, 6.07) is 5.42. The van der Waals surface area contributed by atoms with Crippen molar-refractivity contribution in [1.29, 1.82) is 0 Å². The molecule has 124 valence electrons. The number of benzene rings is 1. The van der Waals surface area contributed by atoms with Crippen molar-refractivity contribution in [3.8, 4) is 5.75 Å². The van der Waals surface area contributed by atoms with Crippen molar-refractivity contribution in [3.63, 3.8) is 0 Å². The van der Waals surface area contributed by atoms with E-state index >= 15 is 0 Å². The zero-order valence-electron chi connectivity index (χ0n) is 12.5. The van der Waals surface area contributed by atoms with Crippen molar-refractivity contribution in [2.24, 2.45) is 7.05 Å². The molecule has 0 saturated carbocycles. The molecule has 0 fully saturated rings. The lowest BCUT2D eigenvalue weighted by molar-refractivity contribution is -0.138. The van der Waals surface area contributed by atoms with Gasteiger partial charge in [-0.2, -0.15) is 4.72 Å². The average molecular weight is 340 g/mol. The second-order valence-corrected chi connectivity index (χ2v) is 6.42. The molecule has 0 aliphatic rings. The first-order valence-corrected chi connectivity index (χ1v) is 8.04. The van der Waals surface area contributed by atoms with E-state index in [2.05, 4.69) is 15.0 Å². The highest BCUT2D eigenvalue weighted by Gasteiger charge is 2.28. The quantitative estimate of drug-likeness (QED) is 0.715. The van der Waals surface area contributed by atoms with Crippen molar-refractivity contribution in [1.82, 2.24) is 19.7 Å². The van der Waals surface area contributed by atoms with Gasteiger partial charge in [0.1, 0.15) is 11.8 Å². The Kier molecular flexibility index (Phi) is 4.96. The Morgan fingerprint density at radius 2 is 2.22 bits per heavy atom. The van der Waals surface area contributed by atoms with Crippen LogP contribution in [0.15, 0.2) is 35.5 Å². The number of sulfonamides is 1. The summed E-state index contributed by atoms with van der Waals surface area (Å²) in [5.74, 6) is -0.725. The van der Waals surface area contributed by atoms with Crippen LogP contribution in [0.5, 0.6) is 5.75 Å². The lowest BCUT2D eigenvalue weighted by Crippen LogP contribution is -2.42. The zero-order valence-corrected chi connectivity index (χ0v) is 13.3. The maximum absolute atomic E-state index is 12.2. The molecule has 1 unspecified atom stereocenters. The molecule has 0 aliphatic carbocycles. The number of aliphatic carboxylic acids is 1. The van der Waals surface area contributed by atoms with E-state index in [9.17, 15) is 18.3 Å². The van der Waals surface area contributed by atoms with Gasteiger partial charge >= 0.3 is 5.97 Å². The van der Waals surface area contributed by atoms with E-state index in [0.29, 0.717) is 11.3 Å². The fourth-order valence-electron chi connectivity index (χ4n) is 1.99. The van der Waals surface area contributed by atoms with Crippen molar-refractivity contribution in [2.75, 3.05) is 7.11 Å². The number of hydrogen-bond donors (Lipinski definition) is 2. The standard InChI is InChI=1S/C13H16N4O5S/c1-17-12(8-14-16-17)23(20,21)15-11(13(18)19)7-9-4-3-5-10(6-9)22-2/h3-6,8,11,15H,7H2,1-2H3,(H,18,19). The minimum absolute atomic E-state index is 0.0307. The third-order valence-corrected chi connectivity index (χ3v) is 4.63. The lowest BCUT2D eigenvalue weighted by Gasteiger charge is -2.15. The molecule has 2 N–H and O–H groups in total. The number of aromatic nitrogens is 3. The Hall–Kier alpha value is -2.46. The minimum atomic E-state index is -4.05. The van der Waals surface area contributed by atoms with Crippen LogP contribution < -0.4 is 9.46 Å². The van der Waals surface area contributed by atoms with Gasteiger partial charge in [0.25, 0.3) is 10.0 Å². The monoisotopic (exact) mass is 340 g/mol. The van der Waals surface area contributed by atoms with E-state index in [1.807, 2.05) is 0 Å². The number of nitrogens with one attached hydrogen (secondary N) is 1. The molecule has 0 amide bonds. The number of carboxylic acid groups (broad SMARTS) is 1. The van der Waals surface area contributed by atoms with Gasteiger partial charge in [-0.3, -0.25) is 4.79 Å². The number of nitrogens with zero attached hydrogens (tertiary/aromatic N) is 3. The highest BCUT2D eigenvalue weighted by Crippen LogP contribution is 2.15. The van der Waals surface area contributed by atoms with E-state index in [1.165, 1.54) is 14.2 Å². The number of ether oxygens (including phenoxy) is 1. The third-order valence-electron chi connectivity index (χ3n) is 3.12. The summed E-state index contributed by atoms with van der Waals surface area (Å²) in [5.41, 5.74) is 0.627. The number of carboxylic acids is 1. The topological polar surface area (TPSA) is 123 Å². The molecule has 0 spiro atoms. The highest BCUT2D eigenvalue weighted by molar-refractivity contribution is 7.89. The van der Waals surface area contributed by atoms with E-state index < -0.39 is 22.0 Å². The van der Waals surface area contributed by atoms with Gasteiger partial charge in [0.2, 0.25) is 0 Å². The smallest absolute Gasteiger partial charge is 0.322 e. The Labute approximate surface area is 132 Å². The average Bonchev–Trinajstić information content (AvgIpc) is 2.93. The molecule has 0 aliphatic heterocycles. The molecule has 0 saturated heterocycles. The number of hydrogen-bond acceptors (Lipinski definition) is 6. The SMILES string of the molecule is COc1cccc(CC(NS(=O)(=O)c2cnnn2C)C(=O)O)c1. The van der Waals surface area contributed by atoms with E-state index in [4.69, 9.17) is 4.74 Å². The van der Waals surface area contributed by atoms with Crippen LogP contribution in [0.1, 0.15) is 5.56 Å². The van der Waals surface area contributed by atoms with Crippen LogP contribution in [0.25, 0.3) is 0 Å². The van der Waals surface area contributed by atoms with Crippen LogP contribution in [0.2, 0.25) is 0 Å². The van der Waals surface area contributed by atoms with Gasteiger partial charge in [0.05, 0.1) is 13.3 Å². The molecule has 1 atom stereocenters. The number of methoxy groups -OCH3 is 1. The van der Waals surface area contributed by atoms with E-state index in [0.717, 1.165) is 10.9 Å². The van der Waals surface area contributed by atoms with Gasteiger partial charge in [0.15, 0.2) is 5.03 Å². The molecule has 10 heteroatoms. The van der Waals surface area contributed by atoms with Crippen LogP contribution in [0.4, 0.5) is 0 Å². The zero-order chi connectivity index (χ0) is 17.0. The molecule has 9 nitrogen and oxygen atoms in total. The predicted molar refractivity (Wildman–Crippen MR) is 79.4 cm³/mol. The summed E-state index contributed by atoms with van der Waals surface area (Å²) in [5, 5.41) is 16.1. The van der Waals surface area contributed by atoms with Crippen LogP contribution in [0.3, 0.4) is 0 Å². The van der Waals surface area contributed by atoms with Crippen molar-refractivity contribution in [3.05, 3.63) is 36.0 Å². The van der Waals surface area contributed by atoms with Gasteiger partial charge in [-0.25, -0.2) is 13.1 Å². The summed E-state index contributed by atoms with van der Waals surface area (Å²) in [4.78, 5) is 11.4. The van der Waals surface area contributed by atoms with Crippen molar-refractivity contribution < 1.29 is 23.1 Å². The summed E-state index contributed by atoms with van der Waals surface area (Å²) in [6.45, 7) is 0. The first-order chi connectivity index (χ1) is 10.8. The van der Waals surface area contributed by atoms with Gasteiger partial charge in [-0.05, 0) is 24.1 Å². The number of aryl methyl sites for hydroxylation is 1. The summed E-state index contributed by atoms with van der Waals surface area (Å²) >= 11 is 0. The van der Waals surface area contributed by atoms with Crippen LogP contribution in [0, 0.1) is 0 Å². The van der Waals surface area contributed by atoms with E-state index in [1.54, 1.807) is 24.3 Å². The van der Waals surface area contributed by atoms with Gasteiger partial charge in [-0.15, -0.1) is 5.10 Å². The summed E-state index contributed by atoms with van der Waals surface area (Å²) in [6.07, 6.45) is 1.02. The molecule has 2 rings (SSSR count). The van der Waals surface area contributed by atoms with Gasteiger partial charge in [0, 0.05) is 7.05 Å². The van der Waals surface area contributed by atoms with Crippen molar-refractivity contribution in [2.45, 2.75) is 17.5 Å². The predicted octanol–water partition coefficient (Wildman–Crippen LogP) is -0.202. The van der Waals surface area contributed by atoms with Gasteiger partial charge in [-0.1, -0.05) is 17.3 Å². The summed E-state index contributed by atoms with van der Waals surface area (Å²) < 4.78 is 32.8. The Morgan fingerprint density at radius 1 is 1.48 bits per heavy atom. The number of rotatable bonds is 7. The van der Waals surface area contributed by atoms with Gasteiger partial charge < -0.3 is 9.84 Å². The minimum Gasteiger partial charge on any atom is -0.497 e. The Morgan fingerprint density at radius 3 is 2.78 bits per heavy atom. The molecule has 1 aromatic carbocycles. The first kappa shape index (κ1) is 16.9. The Bertz CT molecular complexity index is 802. The molecule has 1 aromatic heterocycles. The van der Waals surface area contributed by atoms with Crippen LogP contribution in [-0.2, 0) is 28.3 Å². The maximum Gasteiger partial charge on any atom is 0.322 e. The lowest BCUT2D eigenvalue weighted by atomic mass is 10.1. The second kappa shape index (κ2) is 6.75. The number of carbonyl (C=O) groups is 1. The molecule has 1 heterocycles. The highest BCUT2D eigenvalue weighted by atomic mass is 32.2. The molecular weight excluding hydrogens is 324 g/mol. The molecule has 0 bridgehead atoms. The third kappa shape index (κ3) is 4.05. The normalized spacial score (nSPS) is 12.8. The van der Waals surface area contributed by atoms with Crippen LogP contribution in [-0.4, -0.2) is 47.6 Å². The first-order valence-electron chi connectivity index (χ1n) is 6.56. The largest absolute Gasteiger partial charge is 0.497 e. The Balaban J connectivity index is 2.22. The van der Waals surface area contributed by atoms with Crippen LogP contribution >= 0.6 is 0 Å². The molecular formula is C13H16N4O5S. The van der Waals surface area contributed by atoms with Crippen molar-refractivity contribution >= 4 is 16.0 Å². The fourth-order valence-corrected chi connectivity index (χ4v) is 3.24. The maximum atomic E-state index is 12.2.